The molecule has 1 N–H and O–H groups in total. The third-order valence-corrected chi connectivity index (χ3v) is 14.5. The van der Waals surface area contributed by atoms with Crippen molar-refractivity contribution in [1.82, 2.24) is 5.32 Å². The Balaban J connectivity index is 1.47. The molecule has 0 bridgehead atoms. The number of ether oxygens (including phenoxy) is 2. The summed E-state index contributed by atoms with van der Waals surface area (Å²) < 4.78 is 11.0. The van der Waals surface area contributed by atoms with E-state index in [1.54, 1.807) is 13.8 Å². The average molecular weight is 584 g/mol. The van der Waals surface area contributed by atoms with Gasteiger partial charge in [-0.15, -0.1) is 0 Å². The molecule has 0 spiro atoms. The van der Waals surface area contributed by atoms with E-state index in [9.17, 15) is 14.4 Å². The molecule has 5 rings (SSSR count). The lowest BCUT2D eigenvalue weighted by atomic mass is 9.32. The van der Waals surface area contributed by atoms with Gasteiger partial charge in [-0.05, 0) is 124 Å². The number of rotatable bonds is 6. The third kappa shape index (κ3) is 4.42. The summed E-state index contributed by atoms with van der Waals surface area (Å²) in [5.74, 6) is 1.72. The van der Waals surface area contributed by atoms with Crippen molar-refractivity contribution in [2.45, 2.75) is 126 Å². The zero-order valence-electron chi connectivity index (χ0n) is 27.7. The molecule has 0 radical (unpaired) electrons. The second-order valence-electron chi connectivity index (χ2n) is 16.3. The van der Waals surface area contributed by atoms with Crippen LogP contribution in [0.25, 0.3) is 0 Å². The highest BCUT2D eigenvalue weighted by Crippen LogP contribution is 2.77. The highest BCUT2D eigenvalue weighted by atomic mass is 16.5. The van der Waals surface area contributed by atoms with Crippen LogP contribution in [0.5, 0.6) is 0 Å². The van der Waals surface area contributed by atoms with Crippen molar-refractivity contribution in [3.8, 4) is 0 Å². The molecule has 0 unspecified atom stereocenters. The van der Waals surface area contributed by atoms with E-state index in [2.05, 4.69) is 53.4 Å². The van der Waals surface area contributed by atoms with Crippen LogP contribution >= 0.6 is 0 Å². The summed E-state index contributed by atoms with van der Waals surface area (Å²) in [4.78, 5) is 38.2. The molecular weight excluding hydrogens is 526 g/mol. The maximum absolute atomic E-state index is 14.1. The maximum Gasteiger partial charge on any atom is 0.325 e. The first-order valence-corrected chi connectivity index (χ1v) is 16.8. The number of carbonyl (C=O) groups excluding carboxylic acids is 3. The molecule has 5 aliphatic carbocycles. The molecule has 0 aromatic rings. The average Bonchev–Trinajstić information content (AvgIpc) is 3.31. The highest BCUT2D eigenvalue weighted by molar-refractivity contribution is 5.87. The van der Waals surface area contributed by atoms with Gasteiger partial charge in [0.25, 0.3) is 0 Å². The number of allylic oxidation sites excluding steroid dienone is 1. The van der Waals surface area contributed by atoms with E-state index >= 15 is 0 Å². The van der Waals surface area contributed by atoms with E-state index in [4.69, 9.17) is 9.47 Å². The number of hydrogen-bond acceptors (Lipinski definition) is 5. The third-order valence-electron chi connectivity index (χ3n) is 14.5. The molecule has 42 heavy (non-hydrogen) atoms. The maximum atomic E-state index is 14.1. The van der Waals surface area contributed by atoms with Gasteiger partial charge in [-0.3, -0.25) is 14.4 Å². The normalized spacial score (nSPS) is 45.3. The summed E-state index contributed by atoms with van der Waals surface area (Å²) >= 11 is 0. The van der Waals surface area contributed by atoms with Crippen molar-refractivity contribution in [3.05, 3.63) is 12.2 Å². The quantitative estimate of drug-likeness (QED) is 0.263. The van der Waals surface area contributed by atoms with E-state index in [-0.39, 0.29) is 58.1 Å². The fraction of sp³-hybridized carbons (Fsp3) is 0.861. The topological polar surface area (TPSA) is 81.7 Å². The van der Waals surface area contributed by atoms with Gasteiger partial charge >= 0.3 is 11.9 Å². The van der Waals surface area contributed by atoms with Crippen LogP contribution in [0.15, 0.2) is 12.2 Å². The van der Waals surface area contributed by atoms with Crippen LogP contribution in [0.1, 0.15) is 120 Å². The van der Waals surface area contributed by atoms with Crippen molar-refractivity contribution < 1.29 is 23.9 Å². The molecule has 6 heteroatoms. The van der Waals surface area contributed by atoms with Gasteiger partial charge in [0, 0.05) is 12.3 Å². The molecule has 0 saturated heterocycles. The molecule has 6 nitrogen and oxygen atoms in total. The molecule has 1 amide bonds. The molecule has 0 heterocycles. The van der Waals surface area contributed by atoms with Crippen molar-refractivity contribution in [3.63, 3.8) is 0 Å². The first-order valence-electron chi connectivity index (χ1n) is 16.8. The van der Waals surface area contributed by atoms with Gasteiger partial charge in [0.05, 0.1) is 12.0 Å². The minimum absolute atomic E-state index is 0.0115. The lowest BCUT2D eigenvalue weighted by molar-refractivity contribution is -0.248. The molecule has 5 fully saturated rings. The molecule has 10 atom stereocenters. The SMILES string of the molecule is C=C(C)[C@@H]1CC[C@]2(C(=O)NCC(=O)OCC)CC[C@]3(C)[C@H](CC[C@@H]4[C@@]5(C)CC[C@H](OC(C)=O)C(C)(C)[C@@H]5CC[C@]43C)[C@@H]12. The van der Waals surface area contributed by atoms with Crippen molar-refractivity contribution in [2.75, 3.05) is 13.2 Å². The van der Waals surface area contributed by atoms with Gasteiger partial charge in [0.1, 0.15) is 12.6 Å². The Morgan fingerprint density at radius 2 is 1.55 bits per heavy atom. The molecule has 236 valence electrons. The molecule has 5 aliphatic rings. The summed E-state index contributed by atoms with van der Waals surface area (Å²) in [6.07, 6.45) is 10.5. The number of fused-ring (bicyclic) bond motifs is 7. The standard InChI is InChI=1S/C36H57NO5/c1-10-41-29(39)21-37-31(40)36-18-13-24(22(2)3)30(36)25-11-12-27-33(7)16-15-28(42-23(4)38)32(5,6)26(33)14-17-35(27,9)34(25,8)19-20-36/h24-28,30H,2,10-21H2,1,3-9H3,(H,37,40)/t24-,25+,26-,27+,28-,30+,33-,34+,35+,36-/m0/s1. The number of hydrogen-bond donors (Lipinski definition) is 1. The largest absolute Gasteiger partial charge is 0.465 e. The molecule has 0 aliphatic heterocycles. The van der Waals surface area contributed by atoms with Crippen LogP contribution < -0.4 is 5.32 Å². The molecule has 0 aromatic heterocycles. The van der Waals surface area contributed by atoms with Crippen molar-refractivity contribution >= 4 is 17.8 Å². The molecule has 5 saturated carbocycles. The molecule has 0 aromatic carbocycles. The van der Waals surface area contributed by atoms with E-state index < -0.39 is 5.41 Å². The minimum Gasteiger partial charge on any atom is -0.465 e. The van der Waals surface area contributed by atoms with Crippen LogP contribution in [0, 0.1) is 56.7 Å². The predicted molar refractivity (Wildman–Crippen MR) is 164 cm³/mol. The fourth-order valence-corrected chi connectivity index (χ4v) is 12.5. The number of carbonyl (C=O) groups is 3. The molecular formula is C36H57NO5. The van der Waals surface area contributed by atoms with Crippen LogP contribution in [-0.2, 0) is 23.9 Å². The summed E-state index contributed by atoms with van der Waals surface area (Å²) in [6, 6.07) is 0. The van der Waals surface area contributed by atoms with Gasteiger partial charge in [-0.25, -0.2) is 0 Å². The van der Waals surface area contributed by atoms with Gasteiger partial charge < -0.3 is 14.8 Å². The van der Waals surface area contributed by atoms with E-state index in [0.29, 0.717) is 30.3 Å². The van der Waals surface area contributed by atoms with Gasteiger partial charge in [-0.1, -0.05) is 46.8 Å². The second kappa shape index (κ2) is 10.6. The Bertz CT molecular complexity index is 1130. The number of amides is 1. The Hall–Kier alpha value is -1.85. The highest BCUT2D eigenvalue weighted by Gasteiger charge is 2.72. The van der Waals surface area contributed by atoms with Crippen LogP contribution in [-0.4, -0.2) is 37.1 Å². The van der Waals surface area contributed by atoms with E-state index in [1.165, 1.54) is 18.4 Å². The lowest BCUT2D eigenvalue weighted by Gasteiger charge is -2.72. The minimum atomic E-state index is -0.436. The Labute approximate surface area is 254 Å². The monoisotopic (exact) mass is 583 g/mol. The number of esters is 2. The summed E-state index contributed by atoms with van der Waals surface area (Å²) in [7, 11) is 0. The zero-order valence-corrected chi connectivity index (χ0v) is 27.7. The van der Waals surface area contributed by atoms with Gasteiger partial charge in [0.15, 0.2) is 0 Å². The fourth-order valence-electron chi connectivity index (χ4n) is 12.5. The Morgan fingerprint density at radius 3 is 2.19 bits per heavy atom. The first-order chi connectivity index (χ1) is 19.6. The van der Waals surface area contributed by atoms with Gasteiger partial charge in [0.2, 0.25) is 5.91 Å². The second-order valence-corrected chi connectivity index (χ2v) is 16.3. The summed E-state index contributed by atoms with van der Waals surface area (Å²) in [5.41, 5.74) is 1.24. The zero-order chi connectivity index (χ0) is 30.9. The lowest BCUT2D eigenvalue weighted by Crippen LogP contribution is -2.67. The van der Waals surface area contributed by atoms with Crippen LogP contribution in [0.3, 0.4) is 0 Å². The Morgan fingerprint density at radius 1 is 0.833 bits per heavy atom. The smallest absolute Gasteiger partial charge is 0.325 e. The van der Waals surface area contributed by atoms with E-state index in [1.807, 2.05) is 0 Å². The van der Waals surface area contributed by atoms with Crippen molar-refractivity contribution in [2.24, 2.45) is 56.7 Å². The van der Waals surface area contributed by atoms with Gasteiger partial charge in [-0.2, -0.15) is 0 Å². The first kappa shape index (κ1) is 31.6. The van der Waals surface area contributed by atoms with E-state index in [0.717, 1.165) is 51.4 Å². The summed E-state index contributed by atoms with van der Waals surface area (Å²) in [5, 5.41) is 3.02. The van der Waals surface area contributed by atoms with Crippen molar-refractivity contribution in [1.29, 1.82) is 0 Å². The number of nitrogens with one attached hydrogen (secondary N) is 1. The summed E-state index contributed by atoms with van der Waals surface area (Å²) in [6.45, 7) is 22.7. The predicted octanol–water partition coefficient (Wildman–Crippen LogP) is 7.26. The van der Waals surface area contributed by atoms with Crippen LogP contribution in [0.2, 0.25) is 0 Å². The van der Waals surface area contributed by atoms with Crippen LogP contribution in [0.4, 0.5) is 0 Å². The Kier molecular flexibility index (Phi) is 8.00.